The van der Waals surface area contributed by atoms with Crippen LogP contribution in [0.5, 0.6) is 0 Å². The van der Waals surface area contributed by atoms with Gasteiger partial charge in [0.05, 0.1) is 25.4 Å². The number of carbonyl (C=O) groups is 1. The quantitative estimate of drug-likeness (QED) is 0.880. The molecular formula is C16H21NO4. The van der Waals surface area contributed by atoms with E-state index in [-0.39, 0.29) is 25.5 Å². The standard InChI is InChI=1S/C16H21NO4/c1-11-4-5-14-12(9-21-15(14)6-11)7-16(19)17(2)8-13(18)10-20-3/h4-6,9,13,18H,7-8,10H2,1-3H3. The van der Waals surface area contributed by atoms with Crippen LogP contribution in [0.1, 0.15) is 11.1 Å². The van der Waals surface area contributed by atoms with E-state index in [1.165, 1.54) is 12.0 Å². The molecule has 1 heterocycles. The van der Waals surface area contributed by atoms with Gasteiger partial charge in [0.25, 0.3) is 0 Å². The van der Waals surface area contributed by atoms with Crippen molar-refractivity contribution in [3.63, 3.8) is 0 Å². The van der Waals surface area contributed by atoms with Gasteiger partial charge in [-0.3, -0.25) is 4.79 Å². The molecule has 0 aliphatic heterocycles. The number of nitrogens with zero attached hydrogens (tertiary/aromatic N) is 1. The minimum atomic E-state index is -0.673. The summed E-state index contributed by atoms with van der Waals surface area (Å²) >= 11 is 0. The van der Waals surface area contributed by atoms with Crippen molar-refractivity contribution in [1.82, 2.24) is 4.90 Å². The predicted molar refractivity (Wildman–Crippen MR) is 80.2 cm³/mol. The van der Waals surface area contributed by atoms with E-state index in [9.17, 15) is 9.90 Å². The molecule has 1 aromatic heterocycles. The van der Waals surface area contributed by atoms with Gasteiger partial charge in [0.1, 0.15) is 5.58 Å². The number of aliphatic hydroxyl groups is 1. The highest BCUT2D eigenvalue weighted by atomic mass is 16.5. The number of ether oxygens (including phenoxy) is 1. The maximum atomic E-state index is 12.2. The molecule has 1 aromatic carbocycles. The topological polar surface area (TPSA) is 62.9 Å². The van der Waals surface area contributed by atoms with Gasteiger partial charge in [-0.1, -0.05) is 12.1 Å². The minimum Gasteiger partial charge on any atom is -0.464 e. The summed E-state index contributed by atoms with van der Waals surface area (Å²) < 4.78 is 10.3. The number of aliphatic hydroxyl groups excluding tert-OH is 1. The molecule has 0 spiro atoms. The first-order valence-electron chi connectivity index (χ1n) is 6.89. The monoisotopic (exact) mass is 291 g/mol. The van der Waals surface area contributed by atoms with Gasteiger partial charge in [-0.2, -0.15) is 0 Å². The van der Waals surface area contributed by atoms with Crippen LogP contribution in [0.4, 0.5) is 0 Å². The molecular weight excluding hydrogens is 270 g/mol. The van der Waals surface area contributed by atoms with Gasteiger partial charge >= 0.3 is 0 Å². The first-order chi connectivity index (χ1) is 10.0. The van der Waals surface area contributed by atoms with Gasteiger partial charge in [0.2, 0.25) is 5.91 Å². The van der Waals surface area contributed by atoms with Gasteiger partial charge in [-0.05, 0) is 18.6 Å². The number of amides is 1. The average Bonchev–Trinajstić information content (AvgIpc) is 2.81. The molecule has 2 rings (SSSR count). The van der Waals surface area contributed by atoms with Crippen LogP contribution >= 0.6 is 0 Å². The van der Waals surface area contributed by atoms with Crippen LogP contribution in [-0.2, 0) is 16.0 Å². The lowest BCUT2D eigenvalue weighted by Crippen LogP contribution is -2.37. The molecule has 2 aromatic rings. The van der Waals surface area contributed by atoms with Crippen molar-refractivity contribution in [2.24, 2.45) is 0 Å². The van der Waals surface area contributed by atoms with Crippen molar-refractivity contribution >= 4 is 16.9 Å². The van der Waals surface area contributed by atoms with Crippen molar-refractivity contribution in [2.45, 2.75) is 19.4 Å². The van der Waals surface area contributed by atoms with E-state index in [2.05, 4.69) is 0 Å². The third-order valence-electron chi connectivity index (χ3n) is 3.42. The Hall–Kier alpha value is -1.85. The molecule has 114 valence electrons. The van der Waals surface area contributed by atoms with E-state index >= 15 is 0 Å². The molecule has 0 bridgehead atoms. The molecule has 1 N–H and O–H groups in total. The summed E-state index contributed by atoms with van der Waals surface area (Å²) in [4.78, 5) is 13.7. The second kappa shape index (κ2) is 6.74. The van der Waals surface area contributed by atoms with Gasteiger partial charge < -0.3 is 19.2 Å². The molecule has 0 radical (unpaired) electrons. The van der Waals surface area contributed by atoms with Crippen molar-refractivity contribution < 1.29 is 19.1 Å². The molecule has 0 fully saturated rings. The second-order valence-corrected chi connectivity index (χ2v) is 5.32. The van der Waals surface area contributed by atoms with E-state index < -0.39 is 6.10 Å². The third-order valence-corrected chi connectivity index (χ3v) is 3.42. The Morgan fingerprint density at radius 3 is 2.95 bits per heavy atom. The maximum absolute atomic E-state index is 12.2. The zero-order valence-electron chi connectivity index (χ0n) is 12.6. The van der Waals surface area contributed by atoms with Crippen molar-refractivity contribution in [3.8, 4) is 0 Å². The van der Waals surface area contributed by atoms with Crippen molar-refractivity contribution in [3.05, 3.63) is 35.6 Å². The van der Waals surface area contributed by atoms with Crippen LogP contribution in [0.15, 0.2) is 28.9 Å². The number of furan rings is 1. The van der Waals surface area contributed by atoms with Gasteiger partial charge in [-0.15, -0.1) is 0 Å². The smallest absolute Gasteiger partial charge is 0.226 e. The average molecular weight is 291 g/mol. The number of carbonyl (C=O) groups excluding carboxylic acids is 1. The maximum Gasteiger partial charge on any atom is 0.226 e. The van der Waals surface area contributed by atoms with Gasteiger partial charge in [0.15, 0.2) is 0 Å². The molecule has 1 unspecified atom stereocenters. The van der Waals surface area contributed by atoms with Crippen molar-refractivity contribution in [1.29, 1.82) is 0 Å². The lowest BCUT2D eigenvalue weighted by atomic mass is 10.1. The summed E-state index contributed by atoms with van der Waals surface area (Å²) in [6.45, 7) is 2.46. The fraction of sp³-hybridized carbons (Fsp3) is 0.438. The lowest BCUT2D eigenvalue weighted by molar-refractivity contribution is -0.130. The molecule has 0 aliphatic rings. The Morgan fingerprint density at radius 1 is 1.48 bits per heavy atom. The second-order valence-electron chi connectivity index (χ2n) is 5.32. The zero-order valence-corrected chi connectivity index (χ0v) is 12.6. The first-order valence-corrected chi connectivity index (χ1v) is 6.89. The molecule has 1 atom stereocenters. The number of fused-ring (bicyclic) bond motifs is 1. The predicted octanol–water partition coefficient (Wildman–Crippen LogP) is 1.75. The first kappa shape index (κ1) is 15.5. The molecule has 0 saturated heterocycles. The highest BCUT2D eigenvalue weighted by molar-refractivity contribution is 5.87. The Labute approximate surface area is 124 Å². The Balaban J connectivity index is 2.04. The summed E-state index contributed by atoms with van der Waals surface area (Å²) in [6.07, 6.45) is 1.21. The highest BCUT2D eigenvalue weighted by Crippen LogP contribution is 2.23. The lowest BCUT2D eigenvalue weighted by Gasteiger charge is -2.20. The minimum absolute atomic E-state index is 0.0616. The molecule has 0 aliphatic carbocycles. The summed E-state index contributed by atoms with van der Waals surface area (Å²) in [5, 5.41) is 10.6. The van der Waals surface area contributed by atoms with Crippen LogP contribution in [0, 0.1) is 6.92 Å². The van der Waals surface area contributed by atoms with Crippen LogP contribution in [0.3, 0.4) is 0 Å². The Kier molecular flexibility index (Phi) is 4.98. The molecule has 0 saturated carbocycles. The third kappa shape index (κ3) is 3.83. The normalized spacial score (nSPS) is 12.6. The Bertz CT molecular complexity index is 620. The molecule has 1 amide bonds. The number of hydrogen-bond donors (Lipinski definition) is 1. The number of aryl methyl sites for hydroxylation is 1. The highest BCUT2D eigenvalue weighted by Gasteiger charge is 2.16. The fourth-order valence-electron chi connectivity index (χ4n) is 2.29. The van der Waals surface area contributed by atoms with Crippen LogP contribution in [0.2, 0.25) is 0 Å². The Morgan fingerprint density at radius 2 is 2.24 bits per heavy atom. The summed E-state index contributed by atoms with van der Waals surface area (Å²) in [5.74, 6) is -0.0616. The van der Waals surface area contributed by atoms with Crippen LogP contribution < -0.4 is 0 Å². The summed E-state index contributed by atoms with van der Waals surface area (Å²) in [7, 11) is 3.19. The van der Waals surface area contributed by atoms with E-state index in [1.807, 2.05) is 25.1 Å². The summed E-state index contributed by atoms with van der Waals surface area (Å²) in [5.41, 5.74) is 2.78. The van der Waals surface area contributed by atoms with E-state index in [4.69, 9.17) is 9.15 Å². The largest absolute Gasteiger partial charge is 0.464 e. The fourth-order valence-corrected chi connectivity index (χ4v) is 2.29. The molecule has 5 nitrogen and oxygen atoms in total. The van der Waals surface area contributed by atoms with Gasteiger partial charge in [-0.25, -0.2) is 0 Å². The van der Waals surface area contributed by atoms with Crippen molar-refractivity contribution in [2.75, 3.05) is 27.3 Å². The van der Waals surface area contributed by atoms with E-state index in [1.54, 1.807) is 13.3 Å². The number of benzene rings is 1. The molecule has 5 heteroatoms. The van der Waals surface area contributed by atoms with Crippen LogP contribution in [-0.4, -0.2) is 49.3 Å². The van der Waals surface area contributed by atoms with Gasteiger partial charge in [0, 0.05) is 31.7 Å². The number of likely N-dealkylation sites (N-methyl/N-ethyl adjacent to an activating group) is 1. The van der Waals surface area contributed by atoms with Crippen LogP contribution in [0.25, 0.3) is 11.0 Å². The van der Waals surface area contributed by atoms with E-state index in [0.29, 0.717) is 0 Å². The van der Waals surface area contributed by atoms with E-state index in [0.717, 1.165) is 22.1 Å². The zero-order chi connectivity index (χ0) is 15.4. The summed E-state index contributed by atoms with van der Waals surface area (Å²) in [6, 6.07) is 5.92. The number of rotatable bonds is 6. The number of methoxy groups -OCH3 is 1. The number of hydrogen-bond acceptors (Lipinski definition) is 4. The molecule has 21 heavy (non-hydrogen) atoms. The SMILES string of the molecule is COCC(O)CN(C)C(=O)Cc1coc2cc(C)ccc12.